The van der Waals surface area contributed by atoms with Gasteiger partial charge in [-0.2, -0.15) is 0 Å². The molecule has 0 aromatic heterocycles. The molecule has 65 heavy (non-hydrogen) atoms. The topological polar surface area (TPSA) is 131 Å². The fraction of sp³-hybridized carbons (Fsp3) is 0.704. The number of carbonyl (C=O) groups is 2. The molecule has 3 atom stereocenters. The van der Waals surface area contributed by atoms with Crippen LogP contribution in [0.1, 0.15) is 187 Å². The van der Waals surface area contributed by atoms with Crippen LogP contribution in [0, 0.1) is 0 Å². The van der Waals surface area contributed by atoms with E-state index < -0.39 is 38.6 Å². The second kappa shape index (κ2) is 45.0. The number of rotatable bonds is 45. The number of carbonyl (C=O) groups excluding carboxylic acids is 2. The Balaban J connectivity index is 4.45. The number of esters is 2. The van der Waals surface area contributed by atoms with E-state index >= 15 is 0 Å². The summed E-state index contributed by atoms with van der Waals surface area (Å²) < 4.78 is 33.9. The van der Waals surface area contributed by atoms with E-state index in [4.69, 9.17) is 18.5 Å². The predicted octanol–water partition coefficient (Wildman–Crippen LogP) is 13.5. The van der Waals surface area contributed by atoms with Crippen molar-refractivity contribution in [2.75, 3.05) is 47.5 Å². The number of aliphatic hydroxyl groups is 1. The van der Waals surface area contributed by atoms with Crippen LogP contribution in [0.4, 0.5) is 0 Å². The highest BCUT2D eigenvalue weighted by Gasteiger charge is 2.21. The molecule has 0 spiro atoms. The Morgan fingerprint density at radius 2 is 1.11 bits per heavy atom. The smallest absolute Gasteiger partial charge is 0.306 e. The second-order valence-electron chi connectivity index (χ2n) is 18.0. The Bertz CT molecular complexity index is 1390. The number of nitrogens with zero attached hydrogens (tertiary/aromatic N) is 1. The van der Waals surface area contributed by atoms with Crippen molar-refractivity contribution in [1.29, 1.82) is 0 Å². The van der Waals surface area contributed by atoms with Crippen LogP contribution in [0.15, 0.2) is 85.1 Å². The molecule has 0 bridgehead atoms. The van der Waals surface area contributed by atoms with Gasteiger partial charge in [0.25, 0.3) is 7.82 Å². The van der Waals surface area contributed by atoms with E-state index in [0.717, 1.165) is 44.9 Å². The molecule has 374 valence electrons. The zero-order chi connectivity index (χ0) is 48.0. The van der Waals surface area contributed by atoms with Gasteiger partial charge in [-0.15, -0.1) is 0 Å². The second-order valence-corrected chi connectivity index (χ2v) is 19.4. The lowest BCUT2D eigenvalue weighted by Crippen LogP contribution is -2.37. The van der Waals surface area contributed by atoms with Crippen molar-refractivity contribution in [3.8, 4) is 0 Å². The average Bonchev–Trinajstić information content (AvgIpc) is 3.26. The lowest BCUT2D eigenvalue weighted by atomic mass is 10.0. The van der Waals surface area contributed by atoms with Crippen molar-refractivity contribution in [2.24, 2.45) is 0 Å². The zero-order valence-corrected chi connectivity index (χ0v) is 42.7. The van der Waals surface area contributed by atoms with Crippen LogP contribution in [0.25, 0.3) is 0 Å². The molecule has 0 amide bonds. The molecule has 0 heterocycles. The van der Waals surface area contributed by atoms with Gasteiger partial charge < -0.3 is 33.0 Å². The summed E-state index contributed by atoms with van der Waals surface area (Å²) in [6, 6.07) is 0. The number of likely N-dealkylation sites (N-methyl/N-ethyl adjacent to an activating group) is 1. The van der Waals surface area contributed by atoms with E-state index in [9.17, 15) is 24.2 Å². The van der Waals surface area contributed by atoms with Gasteiger partial charge in [-0.1, -0.05) is 189 Å². The van der Waals surface area contributed by atoms with Gasteiger partial charge >= 0.3 is 11.9 Å². The Kier molecular flexibility index (Phi) is 43.0. The average molecular weight is 932 g/mol. The van der Waals surface area contributed by atoms with Gasteiger partial charge in [-0.3, -0.25) is 14.2 Å². The minimum atomic E-state index is -4.68. The van der Waals surface area contributed by atoms with Crippen LogP contribution in [0.3, 0.4) is 0 Å². The van der Waals surface area contributed by atoms with Crippen LogP contribution >= 0.6 is 7.82 Å². The van der Waals surface area contributed by atoms with Gasteiger partial charge in [0.2, 0.25) is 0 Å². The summed E-state index contributed by atoms with van der Waals surface area (Å²) in [5.74, 6) is -1.02. The summed E-state index contributed by atoms with van der Waals surface area (Å²) in [5.41, 5.74) is 0. The Morgan fingerprint density at radius 1 is 0.585 bits per heavy atom. The summed E-state index contributed by atoms with van der Waals surface area (Å²) in [6.07, 6.45) is 55.1. The number of phosphoric acid groups is 1. The van der Waals surface area contributed by atoms with Gasteiger partial charge in [0, 0.05) is 12.8 Å². The zero-order valence-electron chi connectivity index (χ0n) is 41.8. The molecule has 10 nitrogen and oxygen atoms in total. The number of hydrogen-bond donors (Lipinski definition) is 1. The molecule has 0 aliphatic heterocycles. The highest BCUT2D eigenvalue weighted by atomic mass is 31.2. The maximum atomic E-state index is 12.7. The molecule has 11 heteroatoms. The molecule has 0 radical (unpaired) electrons. The number of hydrogen-bond acceptors (Lipinski definition) is 9. The molecular weight excluding hydrogens is 838 g/mol. The van der Waals surface area contributed by atoms with Gasteiger partial charge in [0.15, 0.2) is 6.10 Å². The number of phosphoric ester groups is 1. The van der Waals surface area contributed by atoms with E-state index in [0.29, 0.717) is 30.3 Å². The molecular formula is C54H94NO9P. The van der Waals surface area contributed by atoms with Gasteiger partial charge in [0.1, 0.15) is 19.8 Å². The minimum Gasteiger partial charge on any atom is -0.756 e. The standard InChI is InChI=1S/C54H94NO9P/c1-6-8-10-12-14-16-18-20-21-22-23-24-25-26-27-29-31-33-35-37-41-46-54(58)64-52(50-63-65(59,60)62-48-47-55(3,4)5)49-61-53(57)45-42-38-40-44-51(56)43-39-36-34-32-30-28-19-17-15-13-11-9-7-2/h9,11,15,17,20-21,28,30,34,36,38-40,43,51-52,56H,6-8,10,12-14,16,18-19,22-27,29,31-33,35,37,41-42,44-50H2,1-5H3/b11-9-,17-15-,21-20-,30-28-,36-34-,40-38-,43-39-/t51?,52-/m1/s1. The third-order valence-electron chi connectivity index (χ3n) is 10.5. The maximum Gasteiger partial charge on any atom is 0.306 e. The number of aliphatic hydroxyl groups excluding tert-OH is 1. The first kappa shape index (κ1) is 62.1. The van der Waals surface area contributed by atoms with Crippen molar-refractivity contribution in [2.45, 2.75) is 199 Å². The summed E-state index contributed by atoms with van der Waals surface area (Å²) in [7, 11) is 1.06. The molecule has 0 aliphatic rings. The number of allylic oxidation sites excluding steroid dienone is 12. The molecule has 0 aromatic carbocycles. The van der Waals surface area contributed by atoms with E-state index in [1.165, 1.54) is 96.3 Å². The van der Waals surface area contributed by atoms with E-state index in [2.05, 4.69) is 62.5 Å². The van der Waals surface area contributed by atoms with E-state index in [-0.39, 0.29) is 26.1 Å². The van der Waals surface area contributed by atoms with Crippen LogP contribution in [-0.4, -0.2) is 81.2 Å². The van der Waals surface area contributed by atoms with Crippen LogP contribution in [-0.2, 0) is 32.7 Å². The Labute approximate surface area is 397 Å². The van der Waals surface area contributed by atoms with Crippen LogP contribution in [0.5, 0.6) is 0 Å². The lowest BCUT2D eigenvalue weighted by molar-refractivity contribution is -0.870. The lowest BCUT2D eigenvalue weighted by Gasteiger charge is -2.28. The van der Waals surface area contributed by atoms with E-state index in [1.807, 2.05) is 45.4 Å². The molecule has 0 saturated carbocycles. The molecule has 0 aliphatic carbocycles. The molecule has 0 fully saturated rings. The summed E-state index contributed by atoms with van der Waals surface area (Å²) in [6.45, 7) is 3.91. The van der Waals surface area contributed by atoms with Gasteiger partial charge in [-0.05, 0) is 70.6 Å². The Morgan fingerprint density at radius 3 is 1.68 bits per heavy atom. The van der Waals surface area contributed by atoms with Crippen molar-refractivity contribution in [1.82, 2.24) is 0 Å². The minimum absolute atomic E-state index is 0.0622. The predicted molar refractivity (Wildman–Crippen MR) is 269 cm³/mol. The summed E-state index contributed by atoms with van der Waals surface area (Å²) >= 11 is 0. The highest BCUT2D eigenvalue weighted by molar-refractivity contribution is 7.45. The first-order valence-corrected chi connectivity index (χ1v) is 26.9. The molecule has 0 aromatic rings. The van der Waals surface area contributed by atoms with Crippen molar-refractivity contribution >= 4 is 19.8 Å². The SMILES string of the molecule is CC/C=C\C/C=C\C/C=C\C/C=C\C=C/C(O)C/C=C\CCC(=O)OC[C@H](COP(=O)([O-])OCC[N+](C)(C)C)OC(=O)CCCCCCCCCCCCC/C=C\CCCCCCCC. The van der Waals surface area contributed by atoms with Crippen molar-refractivity contribution in [3.63, 3.8) is 0 Å². The van der Waals surface area contributed by atoms with Crippen LogP contribution in [0.2, 0.25) is 0 Å². The monoisotopic (exact) mass is 932 g/mol. The summed E-state index contributed by atoms with van der Waals surface area (Å²) in [4.78, 5) is 37.7. The number of ether oxygens (including phenoxy) is 2. The fourth-order valence-electron chi connectivity index (χ4n) is 6.52. The highest BCUT2D eigenvalue weighted by Crippen LogP contribution is 2.38. The molecule has 0 saturated heterocycles. The molecule has 2 unspecified atom stereocenters. The number of quaternary nitrogens is 1. The maximum absolute atomic E-state index is 12.7. The molecule has 1 N–H and O–H groups in total. The third-order valence-corrected chi connectivity index (χ3v) is 11.5. The quantitative estimate of drug-likeness (QED) is 0.0158. The van der Waals surface area contributed by atoms with Gasteiger partial charge in [-0.25, -0.2) is 0 Å². The molecule has 0 rings (SSSR count). The first-order valence-electron chi connectivity index (χ1n) is 25.4. The normalized spacial score (nSPS) is 14.6. The van der Waals surface area contributed by atoms with Crippen molar-refractivity contribution in [3.05, 3.63) is 85.1 Å². The Hall–Kier alpha value is -2.85. The number of unbranched alkanes of at least 4 members (excludes halogenated alkanes) is 17. The summed E-state index contributed by atoms with van der Waals surface area (Å²) in [5, 5.41) is 10.2. The first-order chi connectivity index (χ1) is 31.4. The van der Waals surface area contributed by atoms with Crippen molar-refractivity contribution < 1.29 is 47.2 Å². The van der Waals surface area contributed by atoms with E-state index in [1.54, 1.807) is 12.2 Å². The largest absolute Gasteiger partial charge is 0.756 e. The van der Waals surface area contributed by atoms with Crippen LogP contribution < -0.4 is 4.89 Å². The fourth-order valence-corrected chi connectivity index (χ4v) is 7.25. The van der Waals surface area contributed by atoms with Gasteiger partial charge in [0.05, 0.1) is 33.9 Å². The third kappa shape index (κ3) is 48.9.